The maximum Gasteiger partial charge on any atom is 0.178 e. The average molecular weight is 413 g/mol. The molecule has 1 saturated heterocycles. The number of nitrogens with zero attached hydrogens (tertiary/aromatic N) is 2. The third-order valence-corrected chi connectivity index (χ3v) is 6.26. The van der Waals surface area contributed by atoms with E-state index in [2.05, 4.69) is 49.3 Å². The Morgan fingerprint density at radius 1 is 1.03 bits per heavy atom. The maximum atomic E-state index is 13.1. The number of ketones is 1. The minimum Gasteiger partial charge on any atom is -0.493 e. The zero-order valence-corrected chi connectivity index (χ0v) is 19.3. The van der Waals surface area contributed by atoms with Gasteiger partial charge in [0.15, 0.2) is 17.3 Å². The second-order valence-corrected chi connectivity index (χ2v) is 8.94. The molecule has 5 nitrogen and oxygen atoms in total. The number of benzene rings is 1. The van der Waals surface area contributed by atoms with E-state index in [-0.39, 0.29) is 5.78 Å². The molecule has 2 heterocycles. The lowest BCUT2D eigenvalue weighted by atomic mass is 9.91. The van der Waals surface area contributed by atoms with Crippen LogP contribution in [0.3, 0.4) is 0 Å². The standard InChI is InChI=1S/C25H36N2O3/c1-17-11-18(2)15-26(14-17)16-23(28)22-12-19(3)27(20(22)4)10-9-21-7-8-24(29-5)25(13-21)30-6/h7-8,12-13,17-18H,9-11,14-16H2,1-6H3. The average Bonchev–Trinajstić information content (AvgIpc) is 2.99. The molecule has 2 unspecified atom stereocenters. The SMILES string of the molecule is COc1ccc(CCn2c(C)cc(C(=O)CN3CC(C)CC(C)C3)c2C)cc1OC. The third-order valence-electron chi connectivity index (χ3n) is 6.26. The van der Waals surface area contributed by atoms with Gasteiger partial charge in [-0.05, 0) is 62.3 Å². The summed E-state index contributed by atoms with van der Waals surface area (Å²) < 4.78 is 13.0. The summed E-state index contributed by atoms with van der Waals surface area (Å²) in [6, 6.07) is 8.10. The van der Waals surface area contributed by atoms with Gasteiger partial charge < -0.3 is 14.0 Å². The second-order valence-electron chi connectivity index (χ2n) is 8.94. The van der Waals surface area contributed by atoms with Crippen LogP contribution in [0.4, 0.5) is 0 Å². The molecule has 0 aliphatic carbocycles. The number of ether oxygens (including phenoxy) is 2. The summed E-state index contributed by atoms with van der Waals surface area (Å²) in [5.41, 5.74) is 4.25. The van der Waals surface area contributed by atoms with E-state index in [9.17, 15) is 4.79 Å². The molecule has 1 aliphatic heterocycles. The summed E-state index contributed by atoms with van der Waals surface area (Å²) >= 11 is 0. The number of hydrogen-bond acceptors (Lipinski definition) is 4. The fourth-order valence-electron chi connectivity index (χ4n) is 4.91. The van der Waals surface area contributed by atoms with Crippen molar-refractivity contribution in [2.45, 2.75) is 47.1 Å². The number of carbonyl (C=O) groups is 1. The van der Waals surface area contributed by atoms with Crippen molar-refractivity contribution in [3.05, 3.63) is 46.8 Å². The molecule has 0 N–H and O–H groups in total. The van der Waals surface area contributed by atoms with Gasteiger partial charge in [0.05, 0.1) is 20.8 Å². The van der Waals surface area contributed by atoms with Gasteiger partial charge in [-0.25, -0.2) is 0 Å². The molecule has 2 atom stereocenters. The number of aromatic nitrogens is 1. The molecule has 2 aromatic rings. The van der Waals surface area contributed by atoms with E-state index in [1.165, 1.54) is 12.0 Å². The number of carbonyl (C=O) groups excluding carboxylic acids is 1. The highest BCUT2D eigenvalue weighted by Crippen LogP contribution is 2.28. The van der Waals surface area contributed by atoms with E-state index < -0.39 is 0 Å². The Labute approximate surface area is 181 Å². The molecular formula is C25H36N2O3. The van der Waals surface area contributed by atoms with Crippen LogP contribution in [-0.2, 0) is 13.0 Å². The van der Waals surface area contributed by atoms with Crippen molar-refractivity contribution in [1.82, 2.24) is 9.47 Å². The van der Waals surface area contributed by atoms with Crippen LogP contribution in [0, 0.1) is 25.7 Å². The Morgan fingerprint density at radius 3 is 2.33 bits per heavy atom. The highest BCUT2D eigenvalue weighted by molar-refractivity contribution is 5.99. The first-order valence-electron chi connectivity index (χ1n) is 11.0. The number of aryl methyl sites for hydroxylation is 2. The summed E-state index contributed by atoms with van der Waals surface area (Å²) in [7, 11) is 3.30. The largest absolute Gasteiger partial charge is 0.493 e. The normalized spacial score (nSPS) is 19.7. The van der Waals surface area contributed by atoms with Gasteiger partial charge in [0, 0.05) is 36.6 Å². The van der Waals surface area contributed by atoms with Gasteiger partial charge in [-0.3, -0.25) is 9.69 Å². The number of hydrogen-bond donors (Lipinski definition) is 0. The van der Waals surface area contributed by atoms with Gasteiger partial charge in [0.2, 0.25) is 0 Å². The molecule has 1 aliphatic rings. The van der Waals surface area contributed by atoms with Crippen LogP contribution in [-0.4, -0.2) is 49.1 Å². The Morgan fingerprint density at radius 2 is 1.70 bits per heavy atom. The van der Waals surface area contributed by atoms with Gasteiger partial charge in [0.1, 0.15) is 0 Å². The molecule has 164 valence electrons. The molecular weight excluding hydrogens is 376 g/mol. The molecule has 0 spiro atoms. The van der Waals surface area contributed by atoms with E-state index >= 15 is 0 Å². The molecule has 30 heavy (non-hydrogen) atoms. The fourth-order valence-corrected chi connectivity index (χ4v) is 4.91. The summed E-state index contributed by atoms with van der Waals surface area (Å²) in [5.74, 6) is 3.05. The van der Waals surface area contributed by atoms with E-state index in [0.717, 1.165) is 54.5 Å². The molecule has 1 aromatic heterocycles. The van der Waals surface area contributed by atoms with Crippen LogP contribution in [0.25, 0.3) is 0 Å². The number of piperidine rings is 1. The monoisotopic (exact) mass is 412 g/mol. The molecule has 3 rings (SSSR count). The van der Waals surface area contributed by atoms with Crippen molar-refractivity contribution in [2.75, 3.05) is 33.9 Å². The predicted molar refractivity (Wildman–Crippen MR) is 121 cm³/mol. The Bertz CT molecular complexity index is 877. The van der Waals surface area contributed by atoms with Gasteiger partial charge in [0.25, 0.3) is 0 Å². The fraction of sp³-hybridized carbons (Fsp3) is 0.560. The lowest BCUT2D eigenvalue weighted by Gasteiger charge is -2.34. The topological polar surface area (TPSA) is 43.7 Å². The number of Topliss-reactive ketones (excluding diaryl/α,β-unsaturated/α-hetero) is 1. The van der Waals surface area contributed by atoms with Crippen molar-refractivity contribution >= 4 is 5.78 Å². The summed E-state index contributed by atoms with van der Waals surface area (Å²) in [6.07, 6.45) is 2.13. The van der Waals surface area contributed by atoms with E-state index in [1.807, 2.05) is 12.1 Å². The first-order chi connectivity index (χ1) is 14.3. The van der Waals surface area contributed by atoms with Crippen molar-refractivity contribution in [2.24, 2.45) is 11.8 Å². The molecule has 0 radical (unpaired) electrons. The van der Waals surface area contributed by atoms with Crippen molar-refractivity contribution in [1.29, 1.82) is 0 Å². The van der Waals surface area contributed by atoms with Crippen LogP contribution >= 0.6 is 0 Å². The van der Waals surface area contributed by atoms with Crippen LogP contribution in [0.2, 0.25) is 0 Å². The van der Waals surface area contributed by atoms with Gasteiger partial charge in [-0.15, -0.1) is 0 Å². The quantitative estimate of drug-likeness (QED) is 0.598. The summed E-state index contributed by atoms with van der Waals surface area (Å²) in [6.45, 7) is 12.1. The lowest BCUT2D eigenvalue weighted by Crippen LogP contribution is -2.41. The summed E-state index contributed by atoms with van der Waals surface area (Å²) in [5, 5.41) is 0. The molecule has 0 bridgehead atoms. The molecule has 0 saturated carbocycles. The van der Waals surface area contributed by atoms with Crippen LogP contribution in [0.1, 0.15) is 47.6 Å². The highest BCUT2D eigenvalue weighted by Gasteiger charge is 2.25. The Hall–Kier alpha value is -2.27. The van der Waals surface area contributed by atoms with Gasteiger partial charge >= 0.3 is 0 Å². The Kier molecular flexibility index (Phi) is 7.24. The maximum absolute atomic E-state index is 13.1. The molecule has 5 heteroatoms. The number of rotatable bonds is 8. The van der Waals surface area contributed by atoms with Crippen LogP contribution < -0.4 is 9.47 Å². The van der Waals surface area contributed by atoms with Gasteiger partial charge in [-0.2, -0.15) is 0 Å². The zero-order chi connectivity index (χ0) is 21.8. The minimum atomic E-state index is 0.238. The van der Waals surface area contributed by atoms with E-state index in [1.54, 1.807) is 14.2 Å². The lowest BCUT2D eigenvalue weighted by molar-refractivity contribution is 0.0849. The number of likely N-dealkylation sites (tertiary alicyclic amines) is 1. The molecule has 1 fully saturated rings. The van der Waals surface area contributed by atoms with Crippen molar-refractivity contribution in [3.63, 3.8) is 0 Å². The smallest absolute Gasteiger partial charge is 0.178 e. The van der Waals surface area contributed by atoms with E-state index in [0.29, 0.717) is 18.4 Å². The predicted octanol–water partition coefficient (Wildman–Crippen LogP) is 4.53. The van der Waals surface area contributed by atoms with E-state index in [4.69, 9.17) is 9.47 Å². The molecule has 1 aromatic carbocycles. The minimum absolute atomic E-state index is 0.238. The van der Waals surface area contributed by atoms with Crippen LogP contribution in [0.5, 0.6) is 11.5 Å². The Balaban J connectivity index is 1.68. The highest BCUT2D eigenvalue weighted by atomic mass is 16.5. The third kappa shape index (κ3) is 5.07. The molecule has 0 amide bonds. The summed E-state index contributed by atoms with van der Waals surface area (Å²) in [4.78, 5) is 15.4. The van der Waals surface area contributed by atoms with Crippen LogP contribution in [0.15, 0.2) is 24.3 Å². The number of methoxy groups -OCH3 is 2. The first kappa shape index (κ1) is 22.4. The first-order valence-corrected chi connectivity index (χ1v) is 11.0. The zero-order valence-electron chi connectivity index (χ0n) is 19.3. The second kappa shape index (κ2) is 9.69. The van der Waals surface area contributed by atoms with Gasteiger partial charge in [-0.1, -0.05) is 19.9 Å². The van der Waals surface area contributed by atoms with Crippen molar-refractivity contribution < 1.29 is 14.3 Å². The van der Waals surface area contributed by atoms with Crippen molar-refractivity contribution in [3.8, 4) is 11.5 Å².